The lowest BCUT2D eigenvalue weighted by molar-refractivity contribution is 0.426. The Morgan fingerprint density at radius 3 is 2.75 bits per heavy atom. The van der Waals surface area contributed by atoms with Gasteiger partial charge in [0.05, 0.1) is 11.3 Å². The van der Waals surface area contributed by atoms with Crippen LogP contribution in [0.25, 0.3) is 11.1 Å². The number of anilines is 1. The molecule has 0 aliphatic rings. The van der Waals surface area contributed by atoms with Crippen molar-refractivity contribution in [1.82, 2.24) is 5.16 Å². The molecule has 2 N–H and O–H groups in total. The Kier molecular flexibility index (Phi) is 5.16. The van der Waals surface area contributed by atoms with E-state index in [9.17, 15) is 4.39 Å². The van der Waals surface area contributed by atoms with Crippen LogP contribution >= 0.6 is 0 Å². The van der Waals surface area contributed by atoms with Crippen LogP contribution in [0.5, 0.6) is 0 Å². The van der Waals surface area contributed by atoms with Gasteiger partial charge in [-0.15, -0.1) is 0 Å². The highest BCUT2D eigenvalue weighted by atomic mass is 19.1. The third-order valence-electron chi connectivity index (χ3n) is 3.42. The summed E-state index contributed by atoms with van der Waals surface area (Å²) >= 11 is 0. The van der Waals surface area contributed by atoms with E-state index in [0.29, 0.717) is 0 Å². The van der Waals surface area contributed by atoms with E-state index in [1.54, 1.807) is 6.07 Å². The molecule has 0 unspecified atom stereocenters. The fourth-order valence-corrected chi connectivity index (χ4v) is 2.36. The molecule has 3 nitrogen and oxygen atoms in total. The summed E-state index contributed by atoms with van der Waals surface area (Å²) in [5, 5.41) is 4.02. The molecule has 1 aromatic heterocycles. The van der Waals surface area contributed by atoms with Crippen molar-refractivity contribution in [3.05, 3.63) is 35.8 Å². The Morgan fingerprint density at radius 1 is 1.20 bits per heavy atom. The molecule has 0 spiro atoms. The number of aromatic nitrogens is 1. The van der Waals surface area contributed by atoms with E-state index >= 15 is 0 Å². The van der Waals surface area contributed by atoms with Gasteiger partial charge in [-0.1, -0.05) is 49.9 Å². The Labute approximate surface area is 119 Å². The summed E-state index contributed by atoms with van der Waals surface area (Å²) in [6, 6.07) is 6.37. The van der Waals surface area contributed by atoms with Crippen molar-refractivity contribution in [1.29, 1.82) is 0 Å². The minimum atomic E-state index is -0.281. The molecule has 0 atom stereocenters. The number of hydrogen-bond acceptors (Lipinski definition) is 3. The van der Waals surface area contributed by atoms with Crippen LogP contribution in [0.15, 0.2) is 28.8 Å². The van der Waals surface area contributed by atoms with Crippen LogP contribution in [-0.4, -0.2) is 5.16 Å². The lowest BCUT2D eigenvalue weighted by atomic mass is 10.0. The summed E-state index contributed by atoms with van der Waals surface area (Å²) in [5.74, 6) is -0.0175. The molecule has 20 heavy (non-hydrogen) atoms. The summed E-state index contributed by atoms with van der Waals surface area (Å²) in [6.07, 6.45) is 6.76. The average Bonchev–Trinajstić information content (AvgIpc) is 2.80. The number of halogens is 1. The molecule has 0 saturated carbocycles. The molecule has 0 saturated heterocycles. The van der Waals surface area contributed by atoms with Gasteiger partial charge in [-0.2, -0.15) is 0 Å². The number of hydrogen-bond donors (Lipinski definition) is 1. The number of unbranched alkanes of at least 4 members (excludes halogenated alkanes) is 4. The van der Waals surface area contributed by atoms with Crippen molar-refractivity contribution in [2.45, 2.75) is 45.4 Å². The lowest BCUT2D eigenvalue weighted by Gasteiger charge is -2.03. The quantitative estimate of drug-likeness (QED) is 0.753. The number of benzene rings is 1. The van der Waals surface area contributed by atoms with E-state index in [1.807, 2.05) is 6.07 Å². The third-order valence-corrected chi connectivity index (χ3v) is 3.42. The fraction of sp³-hybridized carbons (Fsp3) is 0.438. The van der Waals surface area contributed by atoms with Crippen molar-refractivity contribution < 1.29 is 8.91 Å². The van der Waals surface area contributed by atoms with Crippen molar-refractivity contribution in [3.63, 3.8) is 0 Å². The van der Waals surface area contributed by atoms with Crippen LogP contribution in [0.2, 0.25) is 0 Å². The minimum Gasteiger partial charge on any atom is -0.367 e. The second-order valence-electron chi connectivity index (χ2n) is 5.04. The molecular formula is C16H21FN2O. The molecular weight excluding hydrogens is 255 g/mol. The highest BCUT2D eigenvalue weighted by Gasteiger charge is 2.15. The first-order valence-corrected chi connectivity index (χ1v) is 7.22. The van der Waals surface area contributed by atoms with Crippen LogP contribution in [-0.2, 0) is 6.42 Å². The first-order valence-electron chi connectivity index (χ1n) is 7.22. The monoisotopic (exact) mass is 276 g/mol. The van der Waals surface area contributed by atoms with Gasteiger partial charge >= 0.3 is 0 Å². The van der Waals surface area contributed by atoms with Gasteiger partial charge in [-0.05, 0) is 30.5 Å². The van der Waals surface area contributed by atoms with Crippen molar-refractivity contribution in [2.75, 3.05) is 5.73 Å². The summed E-state index contributed by atoms with van der Waals surface area (Å²) in [5.41, 5.74) is 8.11. The molecule has 0 bridgehead atoms. The molecule has 0 amide bonds. The standard InChI is InChI=1S/C16H21FN2O/c1-2-3-4-5-6-10-14-15(16(18)20-19-14)12-8-7-9-13(17)11-12/h7-9,11H,2-6,10,18H2,1H3. The molecule has 108 valence electrons. The number of aryl methyl sites for hydroxylation is 1. The van der Waals surface area contributed by atoms with E-state index in [2.05, 4.69) is 12.1 Å². The van der Waals surface area contributed by atoms with Crippen molar-refractivity contribution in [2.24, 2.45) is 0 Å². The van der Waals surface area contributed by atoms with Gasteiger partial charge in [-0.3, -0.25) is 0 Å². The van der Waals surface area contributed by atoms with E-state index in [-0.39, 0.29) is 11.7 Å². The van der Waals surface area contributed by atoms with Crippen molar-refractivity contribution in [3.8, 4) is 11.1 Å². The molecule has 0 fully saturated rings. The van der Waals surface area contributed by atoms with E-state index in [1.165, 1.54) is 37.8 Å². The maximum atomic E-state index is 13.3. The van der Waals surface area contributed by atoms with Gasteiger partial charge in [0.15, 0.2) is 0 Å². The maximum Gasteiger partial charge on any atom is 0.230 e. The Bertz CT molecular complexity index is 551. The van der Waals surface area contributed by atoms with Gasteiger partial charge in [0.1, 0.15) is 5.82 Å². The molecule has 0 aliphatic heterocycles. The zero-order valence-corrected chi connectivity index (χ0v) is 11.9. The highest BCUT2D eigenvalue weighted by molar-refractivity contribution is 5.74. The molecule has 2 rings (SSSR count). The summed E-state index contributed by atoms with van der Waals surface area (Å²) in [7, 11) is 0. The number of nitrogens with zero attached hydrogens (tertiary/aromatic N) is 1. The topological polar surface area (TPSA) is 52.0 Å². The lowest BCUT2D eigenvalue weighted by Crippen LogP contribution is -1.92. The zero-order chi connectivity index (χ0) is 14.4. The third kappa shape index (κ3) is 3.59. The van der Waals surface area contributed by atoms with E-state index in [4.69, 9.17) is 10.3 Å². The van der Waals surface area contributed by atoms with E-state index in [0.717, 1.165) is 29.7 Å². The van der Waals surface area contributed by atoms with Gasteiger partial charge in [-0.25, -0.2) is 4.39 Å². The predicted octanol–water partition coefficient (Wildman–Crippen LogP) is 4.58. The molecule has 1 heterocycles. The molecule has 4 heteroatoms. The summed E-state index contributed by atoms with van der Waals surface area (Å²) in [6.45, 7) is 2.19. The second kappa shape index (κ2) is 7.08. The first-order chi connectivity index (χ1) is 9.72. The predicted molar refractivity (Wildman–Crippen MR) is 78.8 cm³/mol. The summed E-state index contributed by atoms with van der Waals surface area (Å²) in [4.78, 5) is 0. The van der Waals surface area contributed by atoms with Crippen LogP contribution in [0.3, 0.4) is 0 Å². The molecule has 0 radical (unpaired) electrons. The highest BCUT2D eigenvalue weighted by Crippen LogP contribution is 2.31. The van der Waals surface area contributed by atoms with Gasteiger partial charge in [0.2, 0.25) is 5.88 Å². The molecule has 2 aromatic rings. The maximum absolute atomic E-state index is 13.3. The van der Waals surface area contributed by atoms with Crippen LogP contribution in [0.4, 0.5) is 10.3 Å². The number of nitrogen functional groups attached to an aromatic ring is 1. The Morgan fingerprint density at radius 2 is 2.00 bits per heavy atom. The van der Waals surface area contributed by atoms with Gasteiger partial charge in [0.25, 0.3) is 0 Å². The van der Waals surface area contributed by atoms with Crippen LogP contribution in [0.1, 0.15) is 44.7 Å². The van der Waals surface area contributed by atoms with Gasteiger partial charge in [0, 0.05) is 0 Å². The smallest absolute Gasteiger partial charge is 0.230 e. The normalized spacial score (nSPS) is 10.9. The SMILES string of the molecule is CCCCCCCc1noc(N)c1-c1cccc(F)c1. The van der Waals surface area contributed by atoms with Gasteiger partial charge < -0.3 is 10.3 Å². The van der Waals surface area contributed by atoms with Crippen LogP contribution in [0, 0.1) is 5.82 Å². The molecule has 0 aliphatic carbocycles. The summed E-state index contributed by atoms with van der Waals surface area (Å²) < 4.78 is 18.4. The largest absolute Gasteiger partial charge is 0.367 e. The molecule has 1 aromatic carbocycles. The average molecular weight is 276 g/mol. The fourth-order valence-electron chi connectivity index (χ4n) is 2.36. The van der Waals surface area contributed by atoms with E-state index < -0.39 is 0 Å². The zero-order valence-electron chi connectivity index (χ0n) is 11.9. The number of nitrogens with two attached hydrogens (primary N) is 1. The number of rotatable bonds is 7. The Hall–Kier alpha value is -1.84. The van der Waals surface area contributed by atoms with Crippen LogP contribution < -0.4 is 5.73 Å². The second-order valence-corrected chi connectivity index (χ2v) is 5.04. The Balaban J connectivity index is 2.08. The first kappa shape index (κ1) is 14.6. The minimum absolute atomic E-state index is 0.263. The van der Waals surface area contributed by atoms with Crippen molar-refractivity contribution >= 4 is 5.88 Å².